The zero-order valence-electron chi connectivity index (χ0n) is 10.4. The third-order valence-electron chi connectivity index (χ3n) is 2.71. The summed E-state index contributed by atoms with van der Waals surface area (Å²) in [6, 6.07) is 0.0987. The molecule has 100 valence electrons. The Morgan fingerprint density at radius 2 is 2.24 bits per heavy atom. The maximum Gasteiger partial charge on any atom is 0.167 e. The van der Waals surface area contributed by atoms with Crippen LogP contribution in [0.25, 0.3) is 0 Å². The van der Waals surface area contributed by atoms with Crippen LogP contribution in [0.5, 0.6) is 0 Å². The van der Waals surface area contributed by atoms with Crippen LogP contribution in [0.4, 0.5) is 0 Å². The van der Waals surface area contributed by atoms with E-state index in [1.54, 1.807) is 7.11 Å². The minimum absolute atomic E-state index is 0.0987. The van der Waals surface area contributed by atoms with E-state index in [0.29, 0.717) is 18.1 Å². The zero-order valence-corrected chi connectivity index (χ0v) is 12.1. The molecule has 1 saturated heterocycles. The van der Waals surface area contributed by atoms with Crippen LogP contribution in [0.3, 0.4) is 0 Å². The number of sulfone groups is 1. The van der Waals surface area contributed by atoms with Crippen molar-refractivity contribution in [1.29, 1.82) is 0 Å². The highest BCUT2D eigenvalue weighted by Gasteiger charge is 2.38. The molecule has 0 bridgehead atoms. The quantitative estimate of drug-likeness (QED) is 0.710. The minimum Gasteiger partial charge on any atom is -0.383 e. The van der Waals surface area contributed by atoms with Gasteiger partial charge in [-0.1, -0.05) is 0 Å². The Morgan fingerprint density at radius 3 is 2.71 bits per heavy atom. The van der Waals surface area contributed by atoms with Gasteiger partial charge in [-0.3, -0.25) is 0 Å². The third-order valence-corrected chi connectivity index (χ3v) is 4.84. The van der Waals surface area contributed by atoms with Crippen molar-refractivity contribution in [3.8, 4) is 0 Å². The molecular weight excluding hydrogens is 260 g/mol. The summed E-state index contributed by atoms with van der Waals surface area (Å²) in [7, 11) is -1.29. The fourth-order valence-electron chi connectivity index (χ4n) is 1.93. The van der Waals surface area contributed by atoms with Gasteiger partial charge in [-0.15, -0.1) is 0 Å². The first-order chi connectivity index (χ1) is 7.76. The van der Waals surface area contributed by atoms with Crippen LogP contribution >= 0.6 is 12.2 Å². The van der Waals surface area contributed by atoms with Gasteiger partial charge in [0.25, 0.3) is 0 Å². The number of methoxy groups -OCH3 is 1. The molecule has 0 radical (unpaired) electrons. The van der Waals surface area contributed by atoms with Crippen molar-refractivity contribution in [1.82, 2.24) is 10.6 Å². The van der Waals surface area contributed by atoms with Crippen LogP contribution < -0.4 is 10.6 Å². The van der Waals surface area contributed by atoms with Gasteiger partial charge in [0.15, 0.2) is 14.9 Å². The molecule has 2 atom stereocenters. The van der Waals surface area contributed by atoms with Crippen LogP contribution in [0, 0.1) is 0 Å². The molecule has 1 fully saturated rings. The van der Waals surface area contributed by atoms with E-state index in [4.69, 9.17) is 17.0 Å². The van der Waals surface area contributed by atoms with E-state index in [1.165, 1.54) is 0 Å². The van der Waals surface area contributed by atoms with Gasteiger partial charge in [-0.25, -0.2) is 8.42 Å². The predicted molar refractivity (Wildman–Crippen MR) is 71.9 cm³/mol. The molecule has 1 aliphatic rings. The van der Waals surface area contributed by atoms with Crippen molar-refractivity contribution >= 4 is 27.2 Å². The van der Waals surface area contributed by atoms with Crippen LogP contribution in [-0.2, 0) is 14.6 Å². The summed E-state index contributed by atoms with van der Waals surface area (Å²) in [5.74, 6) is 0.368. The van der Waals surface area contributed by atoms with Gasteiger partial charge in [-0.2, -0.15) is 0 Å². The second kappa shape index (κ2) is 5.49. The normalized spacial score (nSPS) is 28.6. The number of hydrogen-bond acceptors (Lipinski definition) is 4. The number of hydrogen-bond donors (Lipinski definition) is 2. The average Bonchev–Trinajstić information content (AvgIpc) is 2.39. The van der Waals surface area contributed by atoms with Crippen LogP contribution in [-0.4, -0.2) is 50.3 Å². The standard InChI is InChI=1S/C10H20N2O3S2/c1-8(6-15-3)11-9(16)12-10(2)4-5-17(13,14)7-10/h8H,4-7H2,1-3H3,(H2,11,12,16). The Morgan fingerprint density at radius 1 is 1.59 bits per heavy atom. The van der Waals surface area contributed by atoms with Gasteiger partial charge in [0.1, 0.15) is 0 Å². The molecule has 5 nitrogen and oxygen atoms in total. The Balaban J connectivity index is 2.46. The van der Waals surface area contributed by atoms with E-state index in [-0.39, 0.29) is 17.5 Å². The molecule has 1 rings (SSSR count). The van der Waals surface area contributed by atoms with Crippen LogP contribution in [0.2, 0.25) is 0 Å². The van der Waals surface area contributed by atoms with E-state index in [1.807, 2.05) is 13.8 Å². The molecule has 17 heavy (non-hydrogen) atoms. The molecule has 0 spiro atoms. The van der Waals surface area contributed by atoms with E-state index in [0.717, 1.165) is 0 Å². The molecule has 0 aliphatic carbocycles. The summed E-state index contributed by atoms with van der Waals surface area (Å²) in [4.78, 5) is 0. The summed E-state index contributed by atoms with van der Waals surface area (Å²) < 4.78 is 27.8. The summed E-state index contributed by atoms with van der Waals surface area (Å²) in [5.41, 5.74) is -0.449. The van der Waals surface area contributed by atoms with Crippen molar-refractivity contribution in [3.63, 3.8) is 0 Å². The second-order valence-electron chi connectivity index (χ2n) is 4.86. The average molecular weight is 280 g/mol. The molecule has 2 N–H and O–H groups in total. The van der Waals surface area contributed by atoms with Crippen molar-refractivity contribution in [2.75, 3.05) is 25.2 Å². The van der Waals surface area contributed by atoms with Crippen LogP contribution in [0.1, 0.15) is 20.3 Å². The SMILES string of the molecule is COCC(C)NC(=S)NC1(C)CCS(=O)(=O)C1. The highest BCUT2D eigenvalue weighted by Crippen LogP contribution is 2.22. The van der Waals surface area contributed by atoms with Gasteiger partial charge >= 0.3 is 0 Å². The van der Waals surface area contributed by atoms with Gasteiger partial charge in [0, 0.05) is 13.2 Å². The van der Waals surface area contributed by atoms with E-state index in [2.05, 4.69) is 10.6 Å². The lowest BCUT2D eigenvalue weighted by molar-refractivity contribution is 0.179. The predicted octanol–water partition coefficient (Wildman–Crippen LogP) is 0.0626. The molecule has 2 unspecified atom stereocenters. The highest BCUT2D eigenvalue weighted by atomic mass is 32.2. The molecule has 0 aromatic carbocycles. The molecular formula is C10H20N2O3S2. The minimum atomic E-state index is -2.91. The highest BCUT2D eigenvalue weighted by molar-refractivity contribution is 7.91. The summed E-state index contributed by atoms with van der Waals surface area (Å²) >= 11 is 5.16. The second-order valence-corrected chi connectivity index (χ2v) is 7.45. The maximum atomic E-state index is 11.4. The Kier molecular flexibility index (Phi) is 4.74. The topological polar surface area (TPSA) is 67.4 Å². The van der Waals surface area contributed by atoms with Gasteiger partial charge in [0.05, 0.1) is 23.7 Å². The first kappa shape index (κ1) is 14.7. The number of ether oxygens (including phenoxy) is 1. The smallest absolute Gasteiger partial charge is 0.167 e. The summed E-state index contributed by atoms with van der Waals surface area (Å²) in [5, 5.41) is 6.63. The lowest BCUT2D eigenvalue weighted by Gasteiger charge is -2.27. The Bertz CT molecular complexity index is 383. The molecule has 0 saturated carbocycles. The van der Waals surface area contributed by atoms with Crippen molar-refractivity contribution in [2.45, 2.75) is 31.8 Å². The molecule has 0 aromatic heterocycles. The first-order valence-corrected chi connectivity index (χ1v) is 7.77. The number of thiocarbonyl (C=S) groups is 1. The Labute approximate surface area is 108 Å². The maximum absolute atomic E-state index is 11.4. The summed E-state index contributed by atoms with van der Waals surface area (Å²) in [6.07, 6.45) is 0.593. The molecule has 0 aromatic rings. The largest absolute Gasteiger partial charge is 0.383 e. The van der Waals surface area contributed by atoms with Gasteiger partial charge in [-0.05, 0) is 32.5 Å². The Hall–Kier alpha value is -0.400. The summed E-state index contributed by atoms with van der Waals surface area (Å²) in [6.45, 7) is 4.38. The zero-order chi connectivity index (χ0) is 13.1. The first-order valence-electron chi connectivity index (χ1n) is 5.54. The van der Waals surface area contributed by atoms with Crippen molar-refractivity contribution in [3.05, 3.63) is 0 Å². The third kappa shape index (κ3) is 4.77. The van der Waals surface area contributed by atoms with Crippen molar-refractivity contribution in [2.24, 2.45) is 0 Å². The number of rotatable bonds is 4. The van der Waals surface area contributed by atoms with Gasteiger partial charge in [0.2, 0.25) is 0 Å². The monoisotopic (exact) mass is 280 g/mol. The lowest BCUT2D eigenvalue weighted by atomic mass is 10.0. The molecule has 7 heteroatoms. The molecule has 0 amide bonds. The lowest BCUT2D eigenvalue weighted by Crippen LogP contribution is -2.53. The van der Waals surface area contributed by atoms with Crippen LogP contribution in [0.15, 0.2) is 0 Å². The fraction of sp³-hybridized carbons (Fsp3) is 0.900. The van der Waals surface area contributed by atoms with E-state index < -0.39 is 15.4 Å². The van der Waals surface area contributed by atoms with Gasteiger partial charge < -0.3 is 15.4 Å². The van der Waals surface area contributed by atoms with E-state index >= 15 is 0 Å². The van der Waals surface area contributed by atoms with Crippen molar-refractivity contribution < 1.29 is 13.2 Å². The number of nitrogens with one attached hydrogen (secondary N) is 2. The van der Waals surface area contributed by atoms with E-state index in [9.17, 15) is 8.42 Å². The fourth-order valence-corrected chi connectivity index (χ4v) is 4.48. The molecule has 1 aliphatic heterocycles. The molecule has 1 heterocycles.